The Labute approximate surface area is 225 Å². The number of thiophene rings is 1. The van der Waals surface area contributed by atoms with Crippen LogP contribution in [0.5, 0.6) is 11.5 Å². The van der Waals surface area contributed by atoms with Crippen LogP contribution in [0.3, 0.4) is 0 Å². The molecule has 2 aliphatic rings. The molecule has 8 nitrogen and oxygen atoms in total. The van der Waals surface area contributed by atoms with Gasteiger partial charge in [0.1, 0.15) is 21.2 Å². The Balaban J connectivity index is 1.31. The molecule has 2 N–H and O–H groups in total. The zero-order valence-electron chi connectivity index (χ0n) is 21.5. The summed E-state index contributed by atoms with van der Waals surface area (Å²) >= 11 is 1.31. The molecule has 1 unspecified atom stereocenters. The summed E-state index contributed by atoms with van der Waals surface area (Å²) in [7, 11) is 0. The molecule has 9 heteroatoms. The molecule has 2 aromatic carbocycles. The highest BCUT2D eigenvalue weighted by atomic mass is 32.1. The Kier molecular flexibility index (Phi) is 6.25. The smallest absolute Gasteiger partial charge is 0.331 e. The zero-order chi connectivity index (χ0) is 26.4. The van der Waals surface area contributed by atoms with Crippen LogP contribution in [-0.4, -0.2) is 47.0 Å². The number of hydrogen-bond donors (Lipinski definition) is 2. The van der Waals surface area contributed by atoms with Crippen LogP contribution in [0.1, 0.15) is 35.5 Å². The number of para-hydroxylation sites is 1. The maximum Gasteiger partial charge on any atom is 0.331 e. The van der Waals surface area contributed by atoms with Crippen LogP contribution in [-0.2, 0) is 0 Å². The third kappa shape index (κ3) is 4.37. The van der Waals surface area contributed by atoms with E-state index in [2.05, 4.69) is 34.4 Å². The number of carbonyl (C=O) groups excluding carboxylic acids is 2. The number of rotatable bonds is 6. The fraction of sp³-hybridized carbons (Fsp3) is 0.276. The first-order valence-electron chi connectivity index (χ1n) is 12.8. The van der Waals surface area contributed by atoms with Gasteiger partial charge in [0.15, 0.2) is 0 Å². The molecule has 4 heterocycles. The molecule has 0 bridgehead atoms. The molecular formula is C29H29N5O3S. The first-order chi connectivity index (χ1) is 18.4. The topological polar surface area (TPSA) is 86.8 Å². The molecule has 0 saturated carbocycles. The van der Waals surface area contributed by atoms with Gasteiger partial charge >= 0.3 is 6.03 Å². The van der Waals surface area contributed by atoms with E-state index in [-0.39, 0.29) is 18.0 Å². The summed E-state index contributed by atoms with van der Waals surface area (Å²) in [6.07, 6.45) is 2.60. The first kappa shape index (κ1) is 24.4. The molecular weight excluding hydrogens is 498 g/mol. The van der Waals surface area contributed by atoms with Gasteiger partial charge in [0.05, 0.1) is 22.4 Å². The second-order valence-corrected chi connectivity index (χ2v) is 11.0. The normalized spacial score (nSPS) is 17.2. The van der Waals surface area contributed by atoms with Gasteiger partial charge in [-0.1, -0.05) is 18.2 Å². The number of nitrogens with zero attached hydrogens (tertiary/aromatic N) is 3. The standard InChI is InChI=1S/C29H29N5O3S/c1-17(2)33-14-12-19(16-33)31-27(35)26-25-24-23(11-13-30-28(24)38-26)34(29(36)32-25)22-10-9-21(15-18(22)3)37-20-7-5-4-6-8-20/h4-11,13,15,17,19H,12,14,16H2,1-3H3,(H,31,35)(H,32,36). The minimum atomic E-state index is -0.316. The third-order valence-corrected chi connectivity index (χ3v) is 8.22. The fourth-order valence-corrected chi connectivity index (χ4v) is 6.20. The number of ether oxygens (including phenoxy) is 1. The average Bonchev–Trinajstić information content (AvgIpc) is 3.52. The van der Waals surface area contributed by atoms with Crippen LogP contribution in [0, 0.1) is 6.92 Å². The fourth-order valence-electron chi connectivity index (χ4n) is 5.18. The minimum absolute atomic E-state index is 0.0878. The van der Waals surface area contributed by atoms with Gasteiger partial charge in [0, 0.05) is 31.4 Å². The highest BCUT2D eigenvalue weighted by Gasteiger charge is 2.34. The maximum absolute atomic E-state index is 13.5. The van der Waals surface area contributed by atoms with Gasteiger partial charge in [0.2, 0.25) is 0 Å². The number of pyridine rings is 1. The number of likely N-dealkylation sites (tertiary alicyclic amines) is 1. The second-order valence-electron chi connectivity index (χ2n) is 9.99. The quantitative estimate of drug-likeness (QED) is 0.308. The zero-order valence-corrected chi connectivity index (χ0v) is 22.3. The van der Waals surface area contributed by atoms with Crippen molar-refractivity contribution >= 4 is 50.6 Å². The largest absolute Gasteiger partial charge is 0.457 e. The van der Waals surface area contributed by atoms with Crippen molar-refractivity contribution in [2.45, 2.75) is 39.3 Å². The van der Waals surface area contributed by atoms with Crippen LogP contribution < -0.4 is 20.3 Å². The van der Waals surface area contributed by atoms with E-state index < -0.39 is 0 Å². The molecule has 1 atom stereocenters. The van der Waals surface area contributed by atoms with E-state index in [1.165, 1.54) is 11.3 Å². The van der Waals surface area contributed by atoms with Crippen LogP contribution in [0.2, 0.25) is 0 Å². The van der Waals surface area contributed by atoms with Crippen molar-refractivity contribution in [1.82, 2.24) is 15.2 Å². The molecule has 4 aromatic rings. The van der Waals surface area contributed by atoms with Gasteiger partial charge < -0.3 is 15.4 Å². The molecule has 0 radical (unpaired) electrons. The van der Waals surface area contributed by atoms with Crippen molar-refractivity contribution in [2.24, 2.45) is 0 Å². The van der Waals surface area contributed by atoms with Gasteiger partial charge in [-0.2, -0.15) is 0 Å². The number of aromatic nitrogens is 1. The number of anilines is 3. The van der Waals surface area contributed by atoms with Gasteiger partial charge in [-0.3, -0.25) is 14.6 Å². The highest BCUT2D eigenvalue weighted by molar-refractivity contribution is 7.21. The lowest BCUT2D eigenvalue weighted by Crippen LogP contribution is -2.39. The Morgan fingerprint density at radius 3 is 2.68 bits per heavy atom. The summed E-state index contributed by atoms with van der Waals surface area (Å²) in [6, 6.07) is 17.3. The van der Waals surface area contributed by atoms with E-state index in [9.17, 15) is 9.59 Å². The number of nitrogens with one attached hydrogen (secondary N) is 2. The van der Waals surface area contributed by atoms with Crippen LogP contribution >= 0.6 is 11.3 Å². The lowest BCUT2D eigenvalue weighted by molar-refractivity contribution is 0.0941. The Morgan fingerprint density at radius 2 is 1.95 bits per heavy atom. The summed E-state index contributed by atoms with van der Waals surface area (Å²) in [5.74, 6) is 1.26. The van der Waals surface area contributed by atoms with Crippen molar-refractivity contribution in [3.8, 4) is 11.5 Å². The lowest BCUT2D eigenvalue weighted by atomic mass is 10.1. The predicted molar refractivity (Wildman–Crippen MR) is 151 cm³/mol. The third-order valence-electron chi connectivity index (χ3n) is 7.13. The molecule has 1 fully saturated rings. The summed E-state index contributed by atoms with van der Waals surface area (Å²) < 4.78 is 5.97. The molecule has 2 aromatic heterocycles. The minimum Gasteiger partial charge on any atom is -0.457 e. The van der Waals surface area contributed by atoms with Gasteiger partial charge in [0.25, 0.3) is 5.91 Å². The maximum atomic E-state index is 13.5. The Morgan fingerprint density at radius 1 is 1.13 bits per heavy atom. The highest BCUT2D eigenvalue weighted by Crippen LogP contribution is 2.46. The number of hydrogen-bond acceptors (Lipinski definition) is 6. The SMILES string of the molecule is Cc1cc(Oc2ccccc2)ccc1N1C(=O)Nc2c(C(=O)NC3CCN(C(C)C)C3)sc3nccc1c23. The summed E-state index contributed by atoms with van der Waals surface area (Å²) in [5, 5.41) is 6.95. The average molecular weight is 528 g/mol. The van der Waals surface area contributed by atoms with Crippen molar-refractivity contribution in [3.05, 3.63) is 71.2 Å². The number of benzene rings is 2. The monoisotopic (exact) mass is 527 g/mol. The molecule has 0 aliphatic carbocycles. The number of urea groups is 1. The number of carbonyl (C=O) groups is 2. The summed E-state index contributed by atoms with van der Waals surface area (Å²) in [5.41, 5.74) is 2.85. The first-order valence-corrected chi connectivity index (χ1v) is 13.6. The Hall–Kier alpha value is -3.95. The molecule has 1 saturated heterocycles. The van der Waals surface area contributed by atoms with E-state index in [0.29, 0.717) is 32.9 Å². The number of aryl methyl sites for hydroxylation is 1. The van der Waals surface area contributed by atoms with Crippen molar-refractivity contribution in [3.63, 3.8) is 0 Å². The molecule has 6 rings (SSSR count). The van der Waals surface area contributed by atoms with Gasteiger partial charge in [-0.15, -0.1) is 11.3 Å². The van der Waals surface area contributed by atoms with Crippen LogP contribution in [0.25, 0.3) is 10.2 Å². The summed E-state index contributed by atoms with van der Waals surface area (Å²) in [6.45, 7) is 8.08. The van der Waals surface area contributed by atoms with Gasteiger partial charge in [-0.25, -0.2) is 9.78 Å². The van der Waals surface area contributed by atoms with E-state index in [0.717, 1.165) is 41.9 Å². The summed E-state index contributed by atoms with van der Waals surface area (Å²) in [4.78, 5) is 36.5. The van der Waals surface area contributed by atoms with E-state index in [1.54, 1.807) is 11.1 Å². The second kappa shape index (κ2) is 9.74. The van der Waals surface area contributed by atoms with E-state index in [4.69, 9.17) is 4.74 Å². The molecule has 0 spiro atoms. The van der Waals surface area contributed by atoms with Crippen molar-refractivity contribution in [2.75, 3.05) is 23.3 Å². The number of amides is 3. The van der Waals surface area contributed by atoms with Crippen LogP contribution in [0.4, 0.5) is 21.9 Å². The molecule has 2 aliphatic heterocycles. The van der Waals surface area contributed by atoms with Crippen LogP contribution in [0.15, 0.2) is 60.8 Å². The van der Waals surface area contributed by atoms with E-state index >= 15 is 0 Å². The predicted octanol–water partition coefficient (Wildman–Crippen LogP) is 6.29. The van der Waals surface area contributed by atoms with Crippen molar-refractivity contribution < 1.29 is 14.3 Å². The molecule has 3 amide bonds. The lowest BCUT2D eigenvalue weighted by Gasteiger charge is -2.29. The Bertz CT molecular complexity index is 1530. The molecule has 194 valence electrons. The van der Waals surface area contributed by atoms with Crippen molar-refractivity contribution in [1.29, 1.82) is 0 Å². The van der Waals surface area contributed by atoms with E-state index in [1.807, 2.05) is 61.5 Å². The molecule has 38 heavy (non-hydrogen) atoms. The van der Waals surface area contributed by atoms with Gasteiger partial charge in [-0.05, 0) is 69.2 Å².